The summed E-state index contributed by atoms with van der Waals surface area (Å²) in [6, 6.07) is 7.48. The SMILES string of the molecule is O=C1Nc2ccccc2[C@H]1C=[NH+]C[C@@H](O)CO. The maximum atomic E-state index is 11.7. The highest BCUT2D eigenvalue weighted by Crippen LogP contribution is 2.29. The number of para-hydroxylation sites is 1. The van der Waals surface area contributed by atoms with Crippen molar-refractivity contribution in [1.82, 2.24) is 0 Å². The van der Waals surface area contributed by atoms with E-state index in [1.54, 1.807) is 6.21 Å². The van der Waals surface area contributed by atoms with E-state index in [1.165, 1.54) is 0 Å². The molecule has 0 unspecified atom stereocenters. The average Bonchev–Trinajstić information content (AvgIpc) is 2.66. The summed E-state index contributed by atoms with van der Waals surface area (Å²) < 4.78 is 0. The maximum Gasteiger partial charge on any atom is 0.241 e. The molecule has 1 aliphatic rings. The second kappa shape index (κ2) is 5.07. The Morgan fingerprint density at radius 1 is 1.47 bits per heavy atom. The molecule has 0 fully saturated rings. The van der Waals surface area contributed by atoms with Crippen LogP contribution in [0.25, 0.3) is 0 Å². The number of fused-ring (bicyclic) bond motifs is 1. The molecule has 0 saturated carbocycles. The largest absolute Gasteiger partial charge is 0.393 e. The molecule has 5 heteroatoms. The van der Waals surface area contributed by atoms with Crippen molar-refractivity contribution in [3.05, 3.63) is 29.8 Å². The second-order valence-corrected chi connectivity index (χ2v) is 3.97. The van der Waals surface area contributed by atoms with E-state index in [0.29, 0.717) is 0 Å². The predicted octanol–water partition coefficient (Wildman–Crippen LogP) is -1.77. The van der Waals surface area contributed by atoms with Gasteiger partial charge in [-0.05, 0) is 11.6 Å². The summed E-state index contributed by atoms with van der Waals surface area (Å²) in [5, 5.41) is 20.6. The van der Waals surface area contributed by atoms with Crippen molar-refractivity contribution in [1.29, 1.82) is 0 Å². The molecule has 1 aliphatic heterocycles. The van der Waals surface area contributed by atoms with Gasteiger partial charge in [-0.2, -0.15) is 0 Å². The molecule has 0 aromatic heterocycles. The van der Waals surface area contributed by atoms with Gasteiger partial charge in [-0.1, -0.05) is 18.2 Å². The number of carbonyl (C=O) groups excluding carboxylic acids is 1. The normalized spacial score (nSPS) is 20.4. The van der Waals surface area contributed by atoms with E-state index in [-0.39, 0.29) is 25.0 Å². The minimum atomic E-state index is -0.814. The molecule has 0 radical (unpaired) electrons. The molecule has 1 heterocycles. The zero-order valence-corrected chi connectivity index (χ0v) is 9.26. The minimum absolute atomic E-state index is 0.0859. The summed E-state index contributed by atoms with van der Waals surface area (Å²) in [7, 11) is 0. The molecule has 1 aromatic rings. The van der Waals surface area contributed by atoms with E-state index in [1.807, 2.05) is 24.3 Å². The fourth-order valence-corrected chi connectivity index (χ4v) is 1.79. The van der Waals surface area contributed by atoms with Crippen LogP contribution in [0.3, 0.4) is 0 Å². The first kappa shape index (κ1) is 11.8. The van der Waals surface area contributed by atoms with Crippen LogP contribution in [-0.4, -0.2) is 41.6 Å². The minimum Gasteiger partial charge on any atom is -0.393 e. The monoisotopic (exact) mass is 235 g/mol. The summed E-state index contributed by atoms with van der Waals surface area (Å²) in [4.78, 5) is 14.5. The quantitative estimate of drug-likeness (QED) is 0.466. The number of benzene rings is 1. The van der Waals surface area contributed by atoms with Gasteiger partial charge in [0.15, 0.2) is 12.8 Å². The van der Waals surface area contributed by atoms with E-state index in [9.17, 15) is 4.79 Å². The van der Waals surface area contributed by atoms with E-state index in [0.717, 1.165) is 11.3 Å². The van der Waals surface area contributed by atoms with Crippen molar-refractivity contribution in [3.63, 3.8) is 0 Å². The molecule has 90 valence electrons. The summed E-state index contributed by atoms with van der Waals surface area (Å²) in [6.45, 7) is -0.0727. The van der Waals surface area contributed by atoms with Crippen LogP contribution in [0.1, 0.15) is 11.5 Å². The fraction of sp³-hybridized carbons (Fsp3) is 0.333. The third kappa shape index (κ3) is 2.51. The molecular weight excluding hydrogens is 220 g/mol. The van der Waals surface area contributed by atoms with Gasteiger partial charge in [0.1, 0.15) is 12.0 Å². The predicted molar refractivity (Wildman–Crippen MR) is 62.8 cm³/mol. The molecule has 1 aromatic carbocycles. The van der Waals surface area contributed by atoms with Crippen LogP contribution in [0.5, 0.6) is 0 Å². The fourth-order valence-electron chi connectivity index (χ4n) is 1.79. The maximum absolute atomic E-state index is 11.7. The number of rotatable bonds is 4. The van der Waals surface area contributed by atoms with Gasteiger partial charge >= 0.3 is 0 Å². The summed E-state index contributed by atoms with van der Waals surface area (Å²) in [6.07, 6.45) is 0.825. The smallest absolute Gasteiger partial charge is 0.241 e. The molecule has 4 N–H and O–H groups in total. The van der Waals surface area contributed by atoms with Crippen LogP contribution < -0.4 is 10.3 Å². The van der Waals surface area contributed by atoms with Crippen molar-refractivity contribution in [2.45, 2.75) is 12.0 Å². The number of aliphatic hydroxyl groups excluding tert-OH is 2. The third-order valence-electron chi connectivity index (χ3n) is 2.68. The average molecular weight is 235 g/mol. The van der Waals surface area contributed by atoms with Gasteiger partial charge in [-0.25, -0.2) is 4.99 Å². The van der Waals surface area contributed by atoms with Gasteiger partial charge in [0, 0.05) is 5.69 Å². The summed E-state index contributed by atoms with van der Waals surface area (Å²) >= 11 is 0. The van der Waals surface area contributed by atoms with E-state index >= 15 is 0 Å². The van der Waals surface area contributed by atoms with Crippen LogP contribution in [-0.2, 0) is 4.79 Å². The topological polar surface area (TPSA) is 83.5 Å². The van der Waals surface area contributed by atoms with Crippen molar-refractivity contribution < 1.29 is 20.0 Å². The van der Waals surface area contributed by atoms with Gasteiger partial charge in [-0.15, -0.1) is 0 Å². The number of aliphatic hydroxyl groups is 2. The van der Waals surface area contributed by atoms with E-state index in [2.05, 4.69) is 10.3 Å². The number of hydrogen-bond acceptors (Lipinski definition) is 3. The van der Waals surface area contributed by atoms with Crippen LogP contribution in [0.2, 0.25) is 0 Å². The number of anilines is 1. The Balaban J connectivity index is 2.09. The Morgan fingerprint density at radius 3 is 3.00 bits per heavy atom. The van der Waals surface area contributed by atoms with Crippen molar-refractivity contribution in [2.24, 2.45) is 0 Å². The number of amides is 1. The Bertz CT molecular complexity index is 445. The lowest BCUT2D eigenvalue weighted by molar-refractivity contribution is -0.466. The van der Waals surface area contributed by atoms with Crippen LogP contribution >= 0.6 is 0 Å². The van der Waals surface area contributed by atoms with Gasteiger partial charge in [0.2, 0.25) is 5.91 Å². The lowest BCUT2D eigenvalue weighted by Gasteiger charge is -2.00. The van der Waals surface area contributed by atoms with Gasteiger partial charge in [0.05, 0.1) is 6.61 Å². The van der Waals surface area contributed by atoms with Crippen molar-refractivity contribution >= 4 is 17.8 Å². The van der Waals surface area contributed by atoms with Crippen molar-refractivity contribution in [2.75, 3.05) is 18.5 Å². The van der Waals surface area contributed by atoms with Gasteiger partial charge < -0.3 is 15.5 Å². The van der Waals surface area contributed by atoms with E-state index < -0.39 is 6.10 Å². The number of carbonyl (C=O) groups is 1. The highest BCUT2D eigenvalue weighted by atomic mass is 16.3. The molecular formula is C12H15N2O3+. The van der Waals surface area contributed by atoms with Gasteiger partial charge in [0.25, 0.3) is 0 Å². The Hall–Kier alpha value is -1.72. The van der Waals surface area contributed by atoms with Crippen LogP contribution in [0, 0.1) is 0 Å². The van der Waals surface area contributed by atoms with Gasteiger partial charge in [-0.3, -0.25) is 4.79 Å². The Morgan fingerprint density at radius 2 is 2.24 bits per heavy atom. The Labute approximate surface area is 98.8 Å². The van der Waals surface area contributed by atoms with Crippen LogP contribution in [0.4, 0.5) is 5.69 Å². The standard InChI is InChI=1S/C12H14N2O3/c15-7-8(16)5-13-6-10-9-3-1-2-4-11(9)14-12(10)17/h1-4,6,8,10,15-16H,5,7H2,(H,14,17)/p+1/t8-,10-/m1/s1. The highest BCUT2D eigenvalue weighted by molar-refractivity contribution is 6.11. The first-order chi connectivity index (χ1) is 8.22. The van der Waals surface area contributed by atoms with E-state index in [4.69, 9.17) is 10.2 Å². The van der Waals surface area contributed by atoms with Crippen molar-refractivity contribution in [3.8, 4) is 0 Å². The molecule has 1 amide bonds. The molecule has 0 spiro atoms. The molecule has 0 saturated heterocycles. The molecule has 2 rings (SSSR count). The first-order valence-corrected chi connectivity index (χ1v) is 5.48. The molecule has 0 aliphatic carbocycles. The zero-order valence-electron chi connectivity index (χ0n) is 9.26. The number of hydrogen-bond donors (Lipinski definition) is 4. The molecule has 17 heavy (non-hydrogen) atoms. The number of nitrogens with one attached hydrogen (secondary N) is 2. The second-order valence-electron chi connectivity index (χ2n) is 3.97. The Kier molecular flexibility index (Phi) is 3.51. The zero-order chi connectivity index (χ0) is 12.3. The molecule has 2 atom stereocenters. The van der Waals surface area contributed by atoms with Crippen LogP contribution in [0.15, 0.2) is 24.3 Å². The summed E-state index contributed by atoms with van der Waals surface area (Å²) in [5.41, 5.74) is 1.74. The lowest BCUT2D eigenvalue weighted by atomic mass is 10.0. The molecule has 0 bridgehead atoms. The highest BCUT2D eigenvalue weighted by Gasteiger charge is 2.30. The molecule has 5 nitrogen and oxygen atoms in total. The summed E-state index contributed by atoms with van der Waals surface area (Å²) in [5.74, 6) is -0.436. The lowest BCUT2D eigenvalue weighted by Crippen LogP contribution is -2.73. The first-order valence-electron chi connectivity index (χ1n) is 5.48. The third-order valence-corrected chi connectivity index (χ3v) is 2.68.